The maximum Gasteiger partial charge on any atom is 0.329 e. The molecule has 8 nitrogen and oxygen atoms in total. The summed E-state index contributed by atoms with van der Waals surface area (Å²) in [5, 5.41) is 9.01. The molecule has 4 aromatic rings. The number of fused-ring (bicyclic) bond motifs is 3. The summed E-state index contributed by atoms with van der Waals surface area (Å²) in [5.74, 6) is 0. The molecule has 1 N–H and O–H groups in total. The van der Waals surface area contributed by atoms with Crippen LogP contribution >= 0.6 is 0 Å². The maximum atomic E-state index is 13.3. The molecule has 166 valence electrons. The van der Waals surface area contributed by atoms with E-state index in [1.54, 1.807) is 17.8 Å². The molecule has 5 rings (SSSR count). The minimum atomic E-state index is -0.0433. The van der Waals surface area contributed by atoms with Crippen LogP contribution < -0.4 is 5.69 Å². The average Bonchev–Trinajstić information content (AvgIpc) is 3.08. The van der Waals surface area contributed by atoms with Gasteiger partial charge in [-0.05, 0) is 56.9 Å². The summed E-state index contributed by atoms with van der Waals surface area (Å²) < 4.78 is 9.28. The van der Waals surface area contributed by atoms with Crippen LogP contribution in [0.25, 0.3) is 33.3 Å². The quantitative estimate of drug-likeness (QED) is 0.520. The molecule has 1 aliphatic carbocycles. The summed E-state index contributed by atoms with van der Waals surface area (Å²) in [7, 11) is 1.79. The molecular weight excluding hydrogens is 406 g/mol. The average molecular weight is 434 g/mol. The number of aromatic nitrogens is 5. The van der Waals surface area contributed by atoms with Gasteiger partial charge in [0.15, 0.2) is 0 Å². The van der Waals surface area contributed by atoms with Gasteiger partial charge < -0.3 is 9.84 Å². The lowest BCUT2D eigenvalue weighted by atomic mass is 9.92. The minimum absolute atomic E-state index is 0.0339. The summed E-state index contributed by atoms with van der Waals surface area (Å²) in [4.78, 5) is 27.2. The van der Waals surface area contributed by atoms with E-state index >= 15 is 0 Å². The summed E-state index contributed by atoms with van der Waals surface area (Å²) in [5.41, 5.74) is 5.77. The van der Waals surface area contributed by atoms with Crippen molar-refractivity contribution in [3.8, 4) is 11.3 Å². The van der Waals surface area contributed by atoms with Crippen LogP contribution in [0.2, 0.25) is 0 Å². The van der Waals surface area contributed by atoms with E-state index in [-0.39, 0.29) is 24.4 Å². The van der Waals surface area contributed by atoms with Crippen LogP contribution in [0.4, 0.5) is 0 Å². The molecule has 8 heteroatoms. The first-order valence-corrected chi connectivity index (χ1v) is 11.1. The number of aliphatic hydroxyl groups excluding tert-OH is 1. The van der Waals surface area contributed by atoms with Gasteiger partial charge in [0.1, 0.15) is 5.52 Å². The standard InChI is InChI=1S/C24H27N5O3/c1-15-3-4-16(13-25-15)19-9-10-20-22(27-19)23-21(14-26-20)28(2)24(31)29(23)17-5-7-18(8-6-17)32-12-11-30/h3-4,9-10,13-14,17-18,30H,5-8,11-12H2,1-2H3/t17-,18-. The van der Waals surface area contributed by atoms with Crippen molar-refractivity contribution < 1.29 is 9.84 Å². The highest BCUT2D eigenvalue weighted by Gasteiger charge is 2.27. The van der Waals surface area contributed by atoms with Crippen molar-refractivity contribution in [1.82, 2.24) is 24.1 Å². The molecule has 4 aromatic heterocycles. The van der Waals surface area contributed by atoms with Crippen LogP contribution in [0.3, 0.4) is 0 Å². The third-order valence-electron chi connectivity index (χ3n) is 6.42. The fourth-order valence-electron chi connectivity index (χ4n) is 4.69. The van der Waals surface area contributed by atoms with Crippen LogP contribution in [0.15, 0.2) is 41.5 Å². The number of ether oxygens (including phenoxy) is 1. The van der Waals surface area contributed by atoms with Gasteiger partial charge in [-0.2, -0.15) is 0 Å². The summed E-state index contributed by atoms with van der Waals surface area (Å²) in [6.45, 7) is 2.35. The number of aryl methyl sites for hydroxylation is 2. The molecule has 0 aliphatic heterocycles. The van der Waals surface area contributed by atoms with E-state index in [4.69, 9.17) is 14.8 Å². The van der Waals surface area contributed by atoms with Crippen molar-refractivity contribution in [3.05, 3.63) is 52.8 Å². The predicted molar refractivity (Wildman–Crippen MR) is 123 cm³/mol. The van der Waals surface area contributed by atoms with Crippen molar-refractivity contribution in [1.29, 1.82) is 0 Å². The Morgan fingerprint density at radius 3 is 2.62 bits per heavy atom. The molecule has 1 fully saturated rings. The smallest absolute Gasteiger partial charge is 0.329 e. The van der Waals surface area contributed by atoms with E-state index in [0.29, 0.717) is 6.61 Å². The molecule has 32 heavy (non-hydrogen) atoms. The Kier molecular flexibility index (Phi) is 5.48. The number of nitrogens with zero attached hydrogens (tertiary/aromatic N) is 5. The highest BCUT2D eigenvalue weighted by Crippen LogP contribution is 2.33. The monoisotopic (exact) mass is 433 g/mol. The summed E-state index contributed by atoms with van der Waals surface area (Å²) in [6, 6.07) is 7.96. The molecule has 0 bridgehead atoms. The summed E-state index contributed by atoms with van der Waals surface area (Å²) >= 11 is 0. The largest absolute Gasteiger partial charge is 0.394 e. The van der Waals surface area contributed by atoms with Gasteiger partial charge in [-0.15, -0.1) is 0 Å². The fourth-order valence-corrected chi connectivity index (χ4v) is 4.69. The highest BCUT2D eigenvalue weighted by atomic mass is 16.5. The van der Waals surface area contributed by atoms with Crippen LogP contribution in [0, 0.1) is 6.92 Å². The Morgan fingerprint density at radius 2 is 1.91 bits per heavy atom. The Morgan fingerprint density at radius 1 is 1.09 bits per heavy atom. The second kappa shape index (κ2) is 8.44. The van der Waals surface area contributed by atoms with E-state index in [9.17, 15) is 4.79 Å². The van der Waals surface area contributed by atoms with E-state index in [1.165, 1.54) is 0 Å². The predicted octanol–water partition coefficient (Wildman–Crippen LogP) is 3.15. The zero-order valence-electron chi connectivity index (χ0n) is 18.4. The van der Waals surface area contributed by atoms with Crippen molar-refractivity contribution >= 4 is 22.1 Å². The molecule has 0 spiro atoms. The third-order valence-corrected chi connectivity index (χ3v) is 6.42. The Bertz CT molecular complexity index is 1320. The lowest BCUT2D eigenvalue weighted by Crippen LogP contribution is -2.31. The van der Waals surface area contributed by atoms with E-state index in [1.807, 2.05) is 42.0 Å². The molecule has 0 aromatic carbocycles. The fraction of sp³-hybridized carbons (Fsp3) is 0.417. The number of pyridine rings is 3. The molecule has 0 amide bonds. The van der Waals surface area contributed by atoms with Crippen molar-refractivity contribution in [2.45, 2.75) is 44.8 Å². The lowest BCUT2D eigenvalue weighted by molar-refractivity contribution is 0.00168. The van der Waals surface area contributed by atoms with E-state index < -0.39 is 0 Å². The van der Waals surface area contributed by atoms with E-state index in [0.717, 1.165) is 64.7 Å². The first-order chi connectivity index (χ1) is 15.6. The van der Waals surface area contributed by atoms with Gasteiger partial charge in [-0.3, -0.25) is 19.1 Å². The van der Waals surface area contributed by atoms with Gasteiger partial charge in [-0.25, -0.2) is 9.78 Å². The van der Waals surface area contributed by atoms with Crippen molar-refractivity contribution in [2.24, 2.45) is 7.05 Å². The Labute approximate surface area is 185 Å². The van der Waals surface area contributed by atoms with Crippen LogP contribution in [0.1, 0.15) is 37.4 Å². The normalized spacial score (nSPS) is 19.1. The Hall–Kier alpha value is -3.10. The molecule has 0 saturated heterocycles. The van der Waals surface area contributed by atoms with Gasteiger partial charge in [0.25, 0.3) is 0 Å². The molecule has 0 unspecified atom stereocenters. The molecule has 1 saturated carbocycles. The second-order valence-corrected chi connectivity index (χ2v) is 8.48. The number of hydrogen-bond acceptors (Lipinski definition) is 6. The van der Waals surface area contributed by atoms with Crippen molar-refractivity contribution in [3.63, 3.8) is 0 Å². The molecule has 1 aliphatic rings. The first-order valence-electron chi connectivity index (χ1n) is 11.1. The number of imidazole rings is 1. The van der Waals surface area contributed by atoms with Gasteiger partial charge >= 0.3 is 5.69 Å². The highest BCUT2D eigenvalue weighted by molar-refractivity contribution is 6.00. The SMILES string of the molecule is Cc1ccc(-c2ccc3ncc4c(c3n2)n([C@H]2CC[C@H](OCCO)CC2)c(=O)n4C)cn1. The van der Waals surface area contributed by atoms with Gasteiger partial charge in [0, 0.05) is 30.5 Å². The molecule has 4 heterocycles. The lowest BCUT2D eigenvalue weighted by Gasteiger charge is -2.29. The van der Waals surface area contributed by atoms with Crippen LogP contribution in [-0.4, -0.2) is 48.5 Å². The molecule has 0 atom stereocenters. The van der Waals surface area contributed by atoms with Crippen molar-refractivity contribution in [2.75, 3.05) is 13.2 Å². The van der Waals surface area contributed by atoms with Gasteiger partial charge in [-0.1, -0.05) is 0 Å². The summed E-state index contributed by atoms with van der Waals surface area (Å²) in [6.07, 6.45) is 7.15. The van der Waals surface area contributed by atoms with Gasteiger partial charge in [0.2, 0.25) is 0 Å². The van der Waals surface area contributed by atoms with E-state index in [2.05, 4.69) is 9.97 Å². The first kappa shape index (κ1) is 20.8. The number of hydrogen-bond donors (Lipinski definition) is 1. The number of rotatable bonds is 5. The van der Waals surface area contributed by atoms with Crippen LogP contribution in [0.5, 0.6) is 0 Å². The third kappa shape index (κ3) is 3.59. The zero-order chi connectivity index (χ0) is 22.2. The zero-order valence-corrected chi connectivity index (χ0v) is 18.4. The molecule has 0 radical (unpaired) electrons. The number of aliphatic hydroxyl groups is 1. The van der Waals surface area contributed by atoms with Crippen LogP contribution in [-0.2, 0) is 11.8 Å². The van der Waals surface area contributed by atoms with Gasteiger partial charge in [0.05, 0.1) is 47.8 Å². The maximum absolute atomic E-state index is 13.3. The minimum Gasteiger partial charge on any atom is -0.394 e. The second-order valence-electron chi connectivity index (χ2n) is 8.48. The Balaban J connectivity index is 1.61. The molecular formula is C24H27N5O3. The topological polar surface area (TPSA) is 95.1 Å².